The molecule has 28 heavy (non-hydrogen) atoms. The molecule has 0 saturated heterocycles. The lowest BCUT2D eigenvalue weighted by atomic mass is 10.1. The molecule has 0 atom stereocenters. The van der Waals surface area contributed by atoms with E-state index in [1.54, 1.807) is 24.4 Å². The predicted molar refractivity (Wildman–Crippen MR) is 106 cm³/mol. The fraction of sp³-hybridized carbons (Fsp3) is 0.190. The van der Waals surface area contributed by atoms with Gasteiger partial charge in [0.05, 0.1) is 29.7 Å². The number of rotatable bonds is 5. The maximum atomic E-state index is 12.8. The van der Waals surface area contributed by atoms with Gasteiger partial charge >= 0.3 is 0 Å². The molecule has 0 radical (unpaired) electrons. The first-order valence-corrected chi connectivity index (χ1v) is 9.10. The zero-order valence-corrected chi connectivity index (χ0v) is 15.4. The number of nitrogens with one attached hydrogen (secondary N) is 2. The molecule has 0 saturated carbocycles. The number of fused-ring (bicyclic) bond motifs is 1. The number of nitrogens with zero attached hydrogens (tertiary/aromatic N) is 2. The van der Waals surface area contributed by atoms with Gasteiger partial charge in [-0.25, -0.2) is 0 Å². The fourth-order valence-electron chi connectivity index (χ4n) is 3.23. The summed E-state index contributed by atoms with van der Waals surface area (Å²) in [5.41, 5.74) is 3.65. The summed E-state index contributed by atoms with van der Waals surface area (Å²) in [6.45, 7) is 2.61. The van der Waals surface area contributed by atoms with Gasteiger partial charge in [-0.1, -0.05) is 37.3 Å². The molecule has 0 spiro atoms. The zero-order valence-electron chi connectivity index (χ0n) is 15.4. The van der Waals surface area contributed by atoms with Gasteiger partial charge in [-0.2, -0.15) is 5.10 Å². The van der Waals surface area contributed by atoms with Crippen LogP contribution < -0.4 is 15.4 Å². The smallest absolute Gasteiger partial charge is 0.262 e. The molecule has 0 unspecified atom stereocenters. The third kappa shape index (κ3) is 3.59. The first-order valence-electron chi connectivity index (χ1n) is 9.10. The third-order valence-corrected chi connectivity index (χ3v) is 4.57. The lowest BCUT2D eigenvalue weighted by Crippen LogP contribution is -2.25. The molecule has 1 aromatic heterocycles. The van der Waals surface area contributed by atoms with Crippen LogP contribution in [-0.2, 0) is 17.8 Å². The molecule has 7 nitrogen and oxygen atoms in total. The van der Waals surface area contributed by atoms with Crippen molar-refractivity contribution in [3.8, 4) is 5.75 Å². The Hall–Kier alpha value is -3.61. The summed E-state index contributed by atoms with van der Waals surface area (Å²) in [6, 6.07) is 15.2. The van der Waals surface area contributed by atoms with Crippen molar-refractivity contribution in [1.82, 2.24) is 9.78 Å². The fourth-order valence-corrected chi connectivity index (χ4v) is 3.23. The van der Waals surface area contributed by atoms with Gasteiger partial charge in [0.15, 0.2) is 6.61 Å². The molecule has 3 aromatic rings. The Balaban J connectivity index is 1.54. The van der Waals surface area contributed by atoms with E-state index in [-0.39, 0.29) is 18.4 Å². The van der Waals surface area contributed by atoms with Crippen molar-refractivity contribution in [2.24, 2.45) is 0 Å². The van der Waals surface area contributed by atoms with Gasteiger partial charge in [-0.05, 0) is 30.2 Å². The Kier molecular flexibility index (Phi) is 4.80. The summed E-state index contributed by atoms with van der Waals surface area (Å²) >= 11 is 0. The van der Waals surface area contributed by atoms with Gasteiger partial charge < -0.3 is 15.4 Å². The lowest BCUT2D eigenvalue weighted by Gasteiger charge is -2.18. The van der Waals surface area contributed by atoms with Gasteiger partial charge in [0.2, 0.25) is 0 Å². The number of hydrogen-bond acceptors (Lipinski definition) is 4. The standard InChI is InChI=1S/C21H20N4O3/c1-2-18-16(11-22-25(18)12-14-6-4-3-5-7-14)21(27)23-15-8-9-19-17(10-15)24-20(26)13-28-19/h3-11H,2,12-13H2,1H3,(H,23,27)(H,24,26). The second kappa shape index (κ2) is 7.56. The minimum atomic E-state index is -0.237. The first-order chi connectivity index (χ1) is 13.6. The number of aromatic nitrogens is 2. The average Bonchev–Trinajstić information content (AvgIpc) is 3.11. The topological polar surface area (TPSA) is 85.2 Å². The maximum Gasteiger partial charge on any atom is 0.262 e. The van der Waals surface area contributed by atoms with Crippen LogP contribution in [-0.4, -0.2) is 28.2 Å². The molecular formula is C21H20N4O3. The second-order valence-electron chi connectivity index (χ2n) is 6.50. The number of anilines is 2. The van der Waals surface area contributed by atoms with Crippen LogP contribution in [0.25, 0.3) is 0 Å². The molecule has 0 bridgehead atoms. The molecule has 7 heteroatoms. The number of benzene rings is 2. The Bertz CT molecular complexity index is 1030. The lowest BCUT2D eigenvalue weighted by molar-refractivity contribution is -0.118. The van der Waals surface area contributed by atoms with Crippen molar-refractivity contribution in [3.05, 3.63) is 71.5 Å². The van der Waals surface area contributed by atoms with E-state index in [9.17, 15) is 9.59 Å². The highest BCUT2D eigenvalue weighted by molar-refractivity contribution is 6.05. The van der Waals surface area contributed by atoms with Crippen LogP contribution in [0.1, 0.15) is 28.5 Å². The number of carbonyl (C=O) groups is 2. The number of amides is 2. The molecule has 2 heterocycles. The van der Waals surface area contributed by atoms with Gasteiger partial charge in [-0.15, -0.1) is 0 Å². The van der Waals surface area contributed by atoms with Crippen molar-refractivity contribution in [2.75, 3.05) is 17.2 Å². The van der Waals surface area contributed by atoms with E-state index in [0.29, 0.717) is 35.7 Å². The van der Waals surface area contributed by atoms with Crippen molar-refractivity contribution in [1.29, 1.82) is 0 Å². The summed E-state index contributed by atoms with van der Waals surface area (Å²) in [6.07, 6.45) is 2.28. The van der Waals surface area contributed by atoms with E-state index in [0.717, 1.165) is 11.3 Å². The minimum Gasteiger partial charge on any atom is -0.482 e. The number of carbonyl (C=O) groups excluding carboxylic acids is 2. The summed E-state index contributed by atoms with van der Waals surface area (Å²) in [5, 5.41) is 10.0. The number of ether oxygens (including phenoxy) is 1. The highest BCUT2D eigenvalue weighted by Gasteiger charge is 2.19. The van der Waals surface area contributed by atoms with Crippen LogP contribution in [0.2, 0.25) is 0 Å². The Morgan fingerprint density at radius 1 is 1.25 bits per heavy atom. The van der Waals surface area contributed by atoms with Gasteiger partial charge in [0.25, 0.3) is 11.8 Å². The summed E-state index contributed by atoms with van der Waals surface area (Å²) in [7, 11) is 0. The van der Waals surface area contributed by atoms with Crippen molar-refractivity contribution < 1.29 is 14.3 Å². The molecule has 0 fully saturated rings. The van der Waals surface area contributed by atoms with Gasteiger partial charge in [0, 0.05) is 5.69 Å². The normalized spacial score (nSPS) is 12.7. The monoisotopic (exact) mass is 376 g/mol. The van der Waals surface area contributed by atoms with Crippen LogP contribution in [0, 0.1) is 0 Å². The number of hydrogen-bond donors (Lipinski definition) is 2. The van der Waals surface area contributed by atoms with E-state index in [1.807, 2.05) is 41.9 Å². The minimum absolute atomic E-state index is 0.000828. The molecule has 142 valence electrons. The molecule has 4 rings (SSSR count). The molecule has 1 aliphatic heterocycles. The first kappa shape index (κ1) is 17.8. The van der Waals surface area contributed by atoms with Crippen molar-refractivity contribution >= 4 is 23.2 Å². The van der Waals surface area contributed by atoms with Crippen molar-refractivity contribution in [3.63, 3.8) is 0 Å². The molecule has 2 aromatic carbocycles. The molecular weight excluding hydrogens is 356 g/mol. The molecule has 2 amide bonds. The van der Waals surface area contributed by atoms with E-state index in [2.05, 4.69) is 15.7 Å². The van der Waals surface area contributed by atoms with E-state index < -0.39 is 0 Å². The third-order valence-electron chi connectivity index (χ3n) is 4.57. The van der Waals surface area contributed by atoms with Crippen LogP contribution in [0.5, 0.6) is 5.75 Å². The predicted octanol–water partition coefficient (Wildman–Crippen LogP) is 3.08. The van der Waals surface area contributed by atoms with Crippen LogP contribution in [0.4, 0.5) is 11.4 Å². The van der Waals surface area contributed by atoms with Crippen LogP contribution >= 0.6 is 0 Å². The van der Waals surface area contributed by atoms with Crippen LogP contribution in [0.3, 0.4) is 0 Å². The van der Waals surface area contributed by atoms with Crippen molar-refractivity contribution in [2.45, 2.75) is 19.9 Å². The quantitative estimate of drug-likeness (QED) is 0.717. The molecule has 2 N–H and O–H groups in total. The highest BCUT2D eigenvalue weighted by atomic mass is 16.5. The Morgan fingerprint density at radius 2 is 2.07 bits per heavy atom. The average molecular weight is 376 g/mol. The largest absolute Gasteiger partial charge is 0.482 e. The SMILES string of the molecule is CCc1c(C(=O)Nc2ccc3c(c2)NC(=O)CO3)cnn1Cc1ccccc1. The summed E-state index contributed by atoms with van der Waals surface area (Å²) < 4.78 is 7.19. The zero-order chi connectivity index (χ0) is 19.5. The van der Waals surface area contributed by atoms with E-state index in [1.165, 1.54) is 0 Å². The Labute approximate surface area is 162 Å². The van der Waals surface area contributed by atoms with Gasteiger partial charge in [-0.3, -0.25) is 14.3 Å². The summed E-state index contributed by atoms with van der Waals surface area (Å²) in [4.78, 5) is 24.3. The molecule has 0 aliphatic carbocycles. The van der Waals surface area contributed by atoms with E-state index in [4.69, 9.17) is 4.74 Å². The van der Waals surface area contributed by atoms with E-state index >= 15 is 0 Å². The van der Waals surface area contributed by atoms with Crippen LogP contribution in [0.15, 0.2) is 54.7 Å². The highest BCUT2D eigenvalue weighted by Crippen LogP contribution is 2.30. The Morgan fingerprint density at radius 3 is 2.86 bits per heavy atom. The summed E-state index contributed by atoms with van der Waals surface area (Å²) in [5.74, 6) is 0.133. The maximum absolute atomic E-state index is 12.8. The second-order valence-corrected chi connectivity index (χ2v) is 6.50. The van der Waals surface area contributed by atoms with Gasteiger partial charge in [0.1, 0.15) is 5.75 Å². The molecule has 1 aliphatic rings.